The van der Waals surface area contributed by atoms with Gasteiger partial charge in [-0.05, 0) is 38.8 Å². The summed E-state index contributed by atoms with van der Waals surface area (Å²) in [5.74, 6) is 0. The molecule has 0 amide bonds. The first-order chi connectivity index (χ1) is 11.9. The van der Waals surface area contributed by atoms with Gasteiger partial charge in [-0.25, -0.2) is 4.98 Å². The number of hydrogen-bond acceptors (Lipinski definition) is 4. The predicted molar refractivity (Wildman–Crippen MR) is 101 cm³/mol. The molecule has 0 saturated carbocycles. The lowest BCUT2D eigenvalue weighted by atomic mass is 10.00. The minimum atomic E-state index is 0.830. The van der Waals surface area contributed by atoms with Gasteiger partial charge in [0, 0.05) is 36.6 Å². The van der Waals surface area contributed by atoms with E-state index in [0.717, 1.165) is 17.6 Å². The largest absolute Gasteiger partial charge is 0.300 e. The second kappa shape index (κ2) is 7.77. The number of hydrogen-bond donors (Lipinski definition) is 0. The Hall–Kier alpha value is -1.23. The molecule has 0 bridgehead atoms. The zero-order valence-corrected chi connectivity index (χ0v) is 15.2. The fraction of sp³-hybridized carbons (Fsp3) is 0.550. The van der Waals surface area contributed by atoms with Gasteiger partial charge >= 0.3 is 0 Å². The van der Waals surface area contributed by atoms with Gasteiger partial charge < -0.3 is 4.90 Å². The number of thiazole rings is 1. The maximum atomic E-state index is 4.85. The van der Waals surface area contributed by atoms with Crippen LogP contribution in [0, 0.1) is 0 Å². The Balaban J connectivity index is 1.30. The Labute approximate surface area is 149 Å². The van der Waals surface area contributed by atoms with E-state index in [1.807, 2.05) is 0 Å². The highest BCUT2D eigenvalue weighted by Gasteiger charge is 2.25. The van der Waals surface area contributed by atoms with Crippen molar-refractivity contribution in [3.63, 3.8) is 0 Å². The average molecular weight is 342 g/mol. The third-order valence-electron chi connectivity index (χ3n) is 5.42. The van der Waals surface area contributed by atoms with Crippen molar-refractivity contribution >= 4 is 11.3 Å². The lowest BCUT2D eigenvalue weighted by Gasteiger charge is -2.40. The van der Waals surface area contributed by atoms with E-state index in [1.165, 1.54) is 69.5 Å². The van der Waals surface area contributed by atoms with Crippen LogP contribution in [0.2, 0.25) is 0 Å². The van der Waals surface area contributed by atoms with Crippen LogP contribution >= 0.6 is 11.3 Å². The topological polar surface area (TPSA) is 19.4 Å². The van der Waals surface area contributed by atoms with Crippen LogP contribution in [-0.2, 0) is 6.54 Å². The van der Waals surface area contributed by atoms with E-state index < -0.39 is 0 Å². The molecule has 2 aliphatic heterocycles. The van der Waals surface area contributed by atoms with Gasteiger partial charge in [-0.3, -0.25) is 4.90 Å². The molecular formula is C20H27N3S. The third-order valence-corrected chi connectivity index (χ3v) is 6.36. The first-order valence-electron chi connectivity index (χ1n) is 9.35. The van der Waals surface area contributed by atoms with E-state index in [2.05, 4.69) is 45.5 Å². The predicted octanol–water partition coefficient (Wildman–Crippen LogP) is 4.26. The number of rotatable bonds is 4. The first kappa shape index (κ1) is 16.2. The van der Waals surface area contributed by atoms with Gasteiger partial charge in [0.25, 0.3) is 0 Å². The van der Waals surface area contributed by atoms with Crippen molar-refractivity contribution < 1.29 is 0 Å². The highest BCUT2D eigenvalue weighted by atomic mass is 32.1. The molecule has 128 valence electrons. The van der Waals surface area contributed by atoms with Gasteiger partial charge in [0.1, 0.15) is 5.01 Å². The molecule has 4 rings (SSSR count). The molecule has 3 heterocycles. The molecule has 2 aromatic rings. The molecule has 0 spiro atoms. The molecule has 0 N–H and O–H groups in total. The van der Waals surface area contributed by atoms with Crippen molar-refractivity contribution in [1.82, 2.24) is 14.8 Å². The summed E-state index contributed by atoms with van der Waals surface area (Å²) < 4.78 is 0. The number of aromatic nitrogens is 1. The standard InChI is InChI=1S/C20H27N3S/c1-3-7-17(8-4-1)20-21-18(16-24-20)15-22-13-9-19(10-14-22)23-11-5-2-6-12-23/h1,3-4,7-8,16,19H,2,5-6,9-15H2. The summed E-state index contributed by atoms with van der Waals surface area (Å²) in [6.45, 7) is 6.11. The number of piperidine rings is 2. The van der Waals surface area contributed by atoms with Crippen LogP contribution in [-0.4, -0.2) is 47.0 Å². The molecule has 2 fully saturated rings. The molecule has 24 heavy (non-hydrogen) atoms. The van der Waals surface area contributed by atoms with Crippen LogP contribution in [0.3, 0.4) is 0 Å². The fourth-order valence-electron chi connectivity index (χ4n) is 4.05. The minimum Gasteiger partial charge on any atom is -0.300 e. The number of nitrogens with zero attached hydrogens (tertiary/aromatic N) is 3. The van der Waals surface area contributed by atoms with Crippen molar-refractivity contribution in [3.05, 3.63) is 41.4 Å². The highest BCUT2D eigenvalue weighted by Crippen LogP contribution is 2.25. The summed E-state index contributed by atoms with van der Waals surface area (Å²) in [6.07, 6.45) is 6.90. The van der Waals surface area contributed by atoms with Crippen LogP contribution in [0.15, 0.2) is 35.7 Å². The molecule has 1 aromatic heterocycles. The van der Waals surface area contributed by atoms with Crippen molar-refractivity contribution in [2.24, 2.45) is 0 Å². The first-order valence-corrected chi connectivity index (χ1v) is 10.2. The van der Waals surface area contributed by atoms with E-state index in [0.29, 0.717) is 0 Å². The van der Waals surface area contributed by atoms with Gasteiger partial charge in [-0.1, -0.05) is 36.8 Å². The monoisotopic (exact) mass is 341 g/mol. The smallest absolute Gasteiger partial charge is 0.123 e. The summed E-state index contributed by atoms with van der Waals surface area (Å²) in [5.41, 5.74) is 2.47. The Morgan fingerprint density at radius 2 is 1.71 bits per heavy atom. The molecule has 0 aliphatic carbocycles. The SMILES string of the molecule is c1ccc(-c2nc(CN3CCC(N4CCCCC4)CC3)cs2)cc1. The quantitative estimate of drug-likeness (QED) is 0.828. The van der Waals surface area contributed by atoms with E-state index >= 15 is 0 Å². The van der Waals surface area contributed by atoms with Gasteiger partial charge in [0.05, 0.1) is 5.69 Å². The lowest BCUT2D eigenvalue weighted by molar-refractivity contribution is 0.0892. The Kier molecular flexibility index (Phi) is 5.26. The molecule has 1 aromatic carbocycles. The second-order valence-corrected chi connectivity index (χ2v) is 7.97. The van der Waals surface area contributed by atoms with Gasteiger partial charge in [0.15, 0.2) is 0 Å². The molecule has 0 atom stereocenters. The zero-order valence-electron chi connectivity index (χ0n) is 14.4. The van der Waals surface area contributed by atoms with Crippen LogP contribution in [0.5, 0.6) is 0 Å². The molecule has 0 radical (unpaired) electrons. The van der Waals surface area contributed by atoms with E-state index in [1.54, 1.807) is 11.3 Å². The van der Waals surface area contributed by atoms with E-state index in [-0.39, 0.29) is 0 Å². The summed E-state index contributed by atoms with van der Waals surface area (Å²) in [7, 11) is 0. The van der Waals surface area contributed by atoms with Crippen molar-refractivity contribution in [2.45, 2.75) is 44.7 Å². The van der Waals surface area contributed by atoms with Crippen molar-refractivity contribution in [3.8, 4) is 10.6 Å². The van der Waals surface area contributed by atoms with E-state index in [9.17, 15) is 0 Å². The highest BCUT2D eigenvalue weighted by molar-refractivity contribution is 7.13. The van der Waals surface area contributed by atoms with Crippen LogP contribution in [0.4, 0.5) is 0 Å². The summed E-state index contributed by atoms with van der Waals surface area (Å²) >= 11 is 1.77. The molecule has 2 aliphatic rings. The third kappa shape index (κ3) is 3.88. The Morgan fingerprint density at radius 3 is 2.46 bits per heavy atom. The van der Waals surface area contributed by atoms with Crippen LogP contribution in [0.1, 0.15) is 37.8 Å². The van der Waals surface area contributed by atoms with Gasteiger partial charge in [-0.2, -0.15) is 0 Å². The van der Waals surface area contributed by atoms with Crippen molar-refractivity contribution in [2.75, 3.05) is 26.2 Å². The second-order valence-electron chi connectivity index (χ2n) is 7.11. The fourth-order valence-corrected chi connectivity index (χ4v) is 4.87. The lowest BCUT2D eigenvalue weighted by Crippen LogP contribution is -2.46. The summed E-state index contributed by atoms with van der Waals surface area (Å²) in [5, 5.41) is 3.38. The zero-order chi connectivity index (χ0) is 16.2. The summed E-state index contributed by atoms with van der Waals surface area (Å²) in [4.78, 5) is 10.2. The maximum Gasteiger partial charge on any atom is 0.123 e. The summed E-state index contributed by atoms with van der Waals surface area (Å²) in [6, 6.07) is 11.4. The van der Waals surface area contributed by atoms with Gasteiger partial charge in [-0.15, -0.1) is 11.3 Å². The molecule has 2 saturated heterocycles. The van der Waals surface area contributed by atoms with Crippen LogP contribution < -0.4 is 0 Å². The van der Waals surface area contributed by atoms with Crippen LogP contribution in [0.25, 0.3) is 10.6 Å². The normalized spacial score (nSPS) is 21.2. The Morgan fingerprint density at radius 1 is 0.958 bits per heavy atom. The van der Waals surface area contributed by atoms with Crippen molar-refractivity contribution in [1.29, 1.82) is 0 Å². The Bertz CT molecular complexity index is 625. The minimum absolute atomic E-state index is 0.830. The molecule has 4 heteroatoms. The van der Waals surface area contributed by atoms with Gasteiger partial charge in [0.2, 0.25) is 0 Å². The average Bonchev–Trinajstić information content (AvgIpc) is 3.12. The number of likely N-dealkylation sites (tertiary alicyclic amines) is 2. The molecular weight excluding hydrogens is 314 g/mol. The molecule has 0 unspecified atom stereocenters. The number of benzene rings is 1. The van der Waals surface area contributed by atoms with E-state index in [4.69, 9.17) is 4.98 Å². The molecule has 3 nitrogen and oxygen atoms in total. The maximum absolute atomic E-state index is 4.85.